The van der Waals surface area contributed by atoms with E-state index in [4.69, 9.17) is 52.4 Å². The van der Waals surface area contributed by atoms with Gasteiger partial charge in [0.1, 0.15) is 36.5 Å². The summed E-state index contributed by atoms with van der Waals surface area (Å²) in [5.41, 5.74) is 8.68. The lowest BCUT2D eigenvalue weighted by atomic mass is 9.92. The molecule has 2 aromatic carbocycles. The van der Waals surface area contributed by atoms with E-state index in [1.54, 1.807) is 40.9 Å². The molecular weight excluding hydrogens is 893 g/mol. The molecule has 19 heteroatoms. The summed E-state index contributed by atoms with van der Waals surface area (Å²) in [6, 6.07) is 15.4. The van der Waals surface area contributed by atoms with Crippen LogP contribution in [0.3, 0.4) is 0 Å². The lowest BCUT2D eigenvalue weighted by molar-refractivity contribution is -0.140. The molecule has 0 fully saturated rings. The number of carboxylic acid groups (broad SMARTS) is 2. The zero-order chi connectivity index (χ0) is 47.3. The van der Waals surface area contributed by atoms with Crippen molar-refractivity contribution in [3.8, 4) is 34.6 Å². The van der Waals surface area contributed by atoms with Crippen molar-refractivity contribution in [2.75, 3.05) is 6.54 Å². The fraction of sp³-hybridized carbons (Fsp3) is 0.362. The van der Waals surface area contributed by atoms with Crippen LogP contribution in [0.5, 0.6) is 23.5 Å². The first kappa shape index (κ1) is 49.2. The number of carbonyl (C=O) groups is 2. The van der Waals surface area contributed by atoms with Gasteiger partial charge in [0, 0.05) is 61.8 Å². The molecule has 0 spiro atoms. The molecule has 2 atom stereocenters. The second-order valence-electron chi connectivity index (χ2n) is 15.9. The molecule has 6 aromatic rings. The summed E-state index contributed by atoms with van der Waals surface area (Å²) in [6.07, 6.45) is 5.48. The van der Waals surface area contributed by atoms with Gasteiger partial charge in [0.05, 0.1) is 37.4 Å². The standard InChI is InChI=1S/C47H53Cl2N7O10/c1-28-33(26-65-46-40(48)14-32(8-5-11-36(57)16-42(59)60)44(53-46)63-24-30-18-51-55(3)22-30)9-6-12-38(28)39-13-7-10-34(29(39)2)27-66-47-41(49)15-35(20-50-21-37(58)17-43(61)62)45(54-47)64-25-31-19-52-56(4)23-31/h6-7,9-10,12-15,18-19,22-23,36-37,50,57-58H,5,8,11,16-17,20-21,24-27H2,1-4H3,(H,59,60)(H,61,62)/t36-,37+/m1/s1. The Morgan fingerprint density at radius 2 is 1.14 bits per heavy atom. The number of hydrogen-bond donors (Lipinski definition) is 5. The van der Waals surface area contributed by atoms with E-state index in [9.17, 15) is 19.8 Å². The summed E-state index contributed by atoms with van der Waals surface area (Å²) in [6.45, 7) is 4.94. The van der Waals surface area contributed by atoms with Gasteiger partial charge in [-0.3, -0.25) is 19.0 Å². The Labute approximate surface area is 391 Å². The van der Waals surface area contributed by atoms with Crippen LogP contribution in [0.25, 0.3) is 11.1 Å². The Morgan fingerprint density at radius 3 is 1.62 bits per heavy atom. The van der Waals surface area contributed by atoms with Gasteiger partial charge >= 0.3 is 11.9 Å². The largest absolute Gasteiger partial charge is 0.481 e. The highest BCUT2D eigenvalue weighted by atomic mass is 35.5. The Hall–Kier alpha value is -6.24. The number of rotatable bonds is 25. The third kappa shape index (κ3) is 13.9. The van der Waals surface area contributed by atoms with Crippen molar-refractivity contribution in [1.82, 2.24) is 34.8 Å². The number of aryl methyl sites for hydroxylation is 3. The minimum atomic E-state index is -1.10. The molecule has 0 saturated carbocycles. The molecule has 5 N–H and O–H groups in total. The van der Waals surface area contributed by atoms with Gasteiger partial charge in [-0.15, -0.1) is 0 Å². The van der Waals surface area contributed by atoms with Gasteiger partial charge in [0.15, 0.2) is 0 Å². The average Bonchev–Trinajstić information content (AvgIpc) is 3.89. The normalized spacial score (nSPS) is 12.2. The number of benzene rings is 2. The number of ether oxygens (including phenoxy) is 4. The number of carboxylic acids is 2. The summed E-state index contributed by atoms with van der Waals surface area (Å²) >= 11 is 13.5. The van der Waals surface area contributed by atoms with Crippen LogP contribution in [0.2, 0.25) is 10.0 Å². The average molecular weight is 947 g/mol. The summed E-state index contributed by atoms with van der Waals surface area (Å²) < 4.78 is 28.1. The third-order valence-corrected chi connectivity index (χ3v) is 11.2. The first-order valence-electron chi connectivity index (χ1n) is 21.2. The van der Waals surface area contributed by atoms with Crippen LogP contribution in [0.4, 0.5) is 0 Å². The number of pyridine rings is 2. The van der Waals surface area contributed by atoms with Crippen LogP contribution in [0.1, 0.15) is 70.2 Å². The van der Waals surface area contributed by atoms with E-state index in [0.717, 1.165) is 44.5 Å². The fourth-order valence-electron chi connectivity index (χ4n) is 7.18. The first-order valence-corrected chi connectivity index (χ1v) is 21.9. The van der Waals surface area contributed by atoms with Crippen LogP contribution in [-0.2, 0) is 63.1 Å². The van der Waals surface area contributed by atoms with Crippen molar-refractivity contribution >= 4 is 35.1 Å². The highest BCUT2D eigenvalue weighted by Crippen LogP contribution is 2.35. The second-order valence-corrected chi connectivity index (χ2v) is 16.7. The van der Waals surface area contributed by atoms with Crippen molar-refractivity contribution in [1.29, 1.82) is 0 Å². The maximum Gasteiger partial charge on any atom is 0.306 e. The Kier molecular flexibility index (Phi) is 17.4. The van der Waals surface area contributed by atoms with E-state index in [0.29, 0.717) is 29.8 Å². The van der Waals surface area contributed by atoms with Crippen LogP contribution < -0.4 is 24.3 Å². The third-order valence-electron chi connectivity index (χ3n) is 10.6. The van der Waals surface area contributed by atoms with Crippen LogP contribution in [-0.4, -0.2) is 80.6 Å². The molecule has 6 rings (SSSR count). The van der Waals surface area contributed by atoms with Crippen LogP contribution in [0.15, 0.2) is 73.3 Å². The quantitative estimate of drug-likeness (QED) is 0.0392. The highest BCUT2D eigenvalue weighted by Gasteiger charge is 2.20. The number of nitrogens with zero attached hydrogens (tertiary/aromatic N) is 6. The SMILES string of the molecule is Cc1c(COc2nc(OCc3cnn(C)c3)c(CCC[C@@H](O)CC(=O)O)cc2Cl)cccc1-c1cccc(COc2nc(OCc3cnn(C)c3)c(CNC[C@@H](O)CC(=O)O)cc2Cl)c1C. The summed E-state index contributed by atoms with van der Waals surface area (Å²) in [4.78, 5) is 31.4. The molecule has 0 bridgehead atoms. The van der Waals surface area contributed by atoms with Gasteiger partial charge in [0.25, 0.3) is 0 Å². The molecule has 66 heavy (non-hydrogen) atoms. The number of aliphatic hydroxyl groups excluding tert-OH is 2. The van der Waals surface area contributed by atoms with Crippen molar-refractivity contribution in [2.45, 2.75) is 91.1 Å². The molecule has 0 aliphatic heterocycles. The van der Waals surface area contributed by atoms with Gasteiger partial charge in [-0.05, 0) is 78.6 Å². The number of aliphatic carboxylic acids is 2. The van der Waals surface area contributed by atoms with Gasteiger partial charge in [-0.2, -0.15) is 20.2 Å². The number of aromatic nitrogens is 6. The van der Waals surface area contributed by atoms with E-state index in [-0.39, 0.29) is 80.0 Å². The predicted molar refractivity (Wildman–Crippen MR) is 245 cm³/mol. The van der Waals surface area contributed by atoms with Crippen molar-refractivity contribution in [3.05, 3.63) is 128 Å². The lowest BCUT2D eigenvalue weighted by Gasteiger charge is -2.18. The Bertz CT molecular complexity index is 2440. The Morgan fingerprint density at radius 1 is 0.667 bits per heavy atom. The van der Waals surface area contributed by atoms with Gasteiger partial charge in [-0.1, -0.05) is 59.6 Å². The number of aliphatic hydroxyl groups is 2. The maximum absolute atomic E-state index is 11.0. The van der Waals surface area contributed by atoms with E-state index in [2.05, 4.69) is 25.5 Å². The molecule has 0 unspecified atom stereocenters. The minimum Gasteiger partial charge on any atom is -0.481 e. The van der Waals surface area contributed by atoms with Crippen molar-refractivity contribution < 1.29 is 49.0 Å². The van der Waals surface area contributed by atoms with E-state index < -0.39 is 30.6 Å². The molecule has 4 aromatic heterocycles. The van der Waals surface area contributed by atoms with E-state index in [1.165, 1.54) is 0 Å². The topological polar surface area (TPSA) is 225 Å². The highest BCUT2D eigenvalue weighted by molar-refractivity contribution is 6.32. The van der Waals surface area contributed by atoms with Crippen LogP contribution >= 0.6 is 23.2 Å². The minimum absolute atomic E-state index is 0.0350. The Balaban J connectivity index is 1.16. The fourth-order valence-corrected chi connectivity index (χ4v) is 7.63. The van der Waals surface area contributed by atoms with Crippen molar-refractivity contribution in [2.24, 2.45) is 14.1 Å². The molecule has 0 amide bonds. The second kappa shape index (κ2) is 23.3. The smallest absolute Gasteiger partial charge is 0.306 e. The van der Waals surface area contributed by atoms with Gasteiger partial charge in [0.2, 0.25) is 23.5 Å². The van der Waals surface area contributed by atoms with Gasteiger partial charge in [-0.25, -0.2) is 0 Å². The maximum atomic E-state index is 11.0. The summed E-state index contributed by atoms with van der Waals surface area (Å²) in [7, 11) is 3.62. The number of nitrogens with one attached hydrogen (secondary N) is 1. The zero-order valence-electron chi connectivity index (χ0n) is 37.0. The molecule has 0 aliphatic rings. The first-order chi connectivity index (χ1) is 31.6. The number of hydrogen-bond acceptors (Lipinski definition) is 13. The molecule has 0 aliphatic carbocycles. The summed E-state index contributed by atoms with van der Waals surface area (Å²) in [5, 5.41) is 50.2. The molecule has 17 nitrogen and oxygen atoms in total. The van der Waals surface area contributed by atoms with Crippen LogP contribution in [0, 0.1) is 13.8 Å². The molecule has 4 heterocycles. The van der Waals surface area contributed by atoms with E-state index in [1.807, 2.05) is 69.7 Å². The molecular formula is C47H53Cl2N7O10. The van der Waals surface area contributed by atoms with Gasteiger partial charge < -0.3 is 44.7 Å². The van der Waals surface area contributed by atoms with Crippen molar-refractivity contribution in [3.63, 3.8) is 0 Å². The summed E-state index contributed by atoms with van der Waals surface area (Å²) in [5.74, 6) is -1.25. The number of halogens is 2. The predicted octanol–water partition coefficient (Wildman–Crippen LogP) is 6.93. The molecule has 0 saturated heterocycles. The molecule has 350 valence electrons. The monoisotopic (exact) mass is 945 g/mol. The van der Waals surface area contributed by atoms with E-state index >= 15 is 0 Å². The molecule has 0 radical (unpaired) electrons. The lowest BCUT2D eigenvalue weighted by Crippen LogP contribution is -2.28. The zero-order valence-corrected chi connectivity index (χ0v) is 38.6.